The predicted octanol–water partition coefficient (Wildman–Crippen LogP) is 1.35. The Morgan fingerprint density at radius 1 is 1.38 bits per heavy atom. The third kappa shape index (κ3) is 2.00. The van der Waals surface area contributed by atoms with Crippen molar-refractivity contribution in [3.8, 4) is 0 Å². The van der Waals surface area contributed by atoms with Crippen molar-refractivity contribution in [2.75, 3.05) is 7.05 Å². The van der Waals surface area contributed by atoms with Gasteiger partial charge in [-0.2, -0.15) is 0 Å². The first-order valence-corrected chi connectivity index (χ1v) is 5.20. The molecule has 0 amide bonds. The molecule has 0 aliphatic heterocycles. The Morgan fingerprint density at radius 2 is 1.92 bits per heavy atom. The molecule has 72 valence electrons. The van der Waals surface area contributed by atoms with Gasteiger partial charge < -0.3 is 0 Å². The van der Waals surface area contributed by atoms with Gasteiger partial charge in [0.15, 0.2) is 0 Å². The van der Waals surface area contributed by atoms with Gasteiger partial charge in [0.1, 0.15) is 4.90 Å². The van der Waals surface area contributed by atoms with Crippen molar-refractivity contribution >= 4 is 21.6 Å². The molecule has 4 nitrogen and oxygen atoms in total. The monoisotopic (exact) mass is 221 g/mol. The Hall–Kier alpha value is -0.620. The minimum atomic E-state index is -3.85. The predicted molar refractivity (Wildman–Crippen MR) is 48.2 cm³/mol. The quantitative estimate of drug-likeness (QED) is 0.767. The van der Waals surface area contributed by atoms with Crippen LogP contribution in [0, 0.1) is 0 Å². The highest BCUT2D eigenvalue weighted by atomic mass is 35.5. The van der Waals surface area contributed by atoms with Gasteiger partial charge in [-0.3, -0.25) is 5.21 Å². The van der Waals surface area contributed by atoms with Gasteiger partial charge in [-0.05, 0) is 12.1 Å². The molecular formula is C7H8ClNO3S. The average molecular weight is 222 g/mol. The molecule has 0 saturated carbocycles. The fourth-order valence-electron chi connectivity index (χ4n) is 0.796. The standard InChI is InChI=1S/C7H8ClNO3S/c1-9(10)13(11,12)7-5-3-2-4-6(7)8/h2-5,10H,1H3. The lowest BCUT2D eigenvalue weighted by Gasteiger charge is -2.10. The number of hydrogen-bond acceptors (Lipinski definition) is 3. The molecular weight excluding hydrogens is 214 g/mol. The topological polar surface area (TPSA) is 57.6 Å². The molecule has 1 aromatic rings. The molecule has 13 heavy (non-hydrogen) atoms. The van der Waals surface area contributed by atoms with Crippen LogP contribution in [0.25, 0.3) is 0 Å². The molecule has 1 aromatic carbocycles. The molecule has 0 radical (unpaired) electrons. The average Bonchev–Trinajstić information content (AvgIpc) is 2.04. The lowest BCUT2D eigenvalue weighted by Crippen LogP contribution is -2.23. The Balaban J connectivity index is 3.32. The maximum atomic E-state index is 11.3. The summed E-state index contributed by atoms with van der Waals surface area (Å²) in [5, 5.41) is 8.93. The van der Waals surface area contributed by atoms with E-state index in [9.17, 15) is 8.42 Å². The normalized spacial score (nSPS) is 12.0. The third-order valence-corrected chi connectivity index (χ3v) is 3.51. The van der Waals surface area contributed by atoms with Crippen LogP contribution in [-0.2, 0) is 10.0 Å². The van der Waals surface area contributed by atoms with Crippen molar-refractivity contribution in [2.45, 2.75) is 4.90 Å². The zero-order valence-electron chi connectivity index (χ0n) is 6.81. The van der Waals surface area contributed by atoms with Gasteiger partial charge in [-0.25, -0.2) is 8.42 Å². The lowest BCUT2D eigenvalue weighted by atomic mass is 10.4. The van der Waals surface area contributed by atoms with Crippen LogP contribution in [0.1, 0.15) is 0 Å². The minimum absolute atomic E-state index is 0.0865. The van der Waals surface area contributed by atoms with Crippen LogP contribution in [-0.4, -0.2) is 25.1 Å². The van der Waals surface area contributed by atoms with Crippen molar-refractivity contribution in [1.29, 1.82) is 0 Å². The Labute approximate surface area is 81.4 Å². The van der Waals surface area contributed by atoms with Gasteiger partial charge >= 0.3 is 0 Å². The summed E-state index contributed by atoms with van der Waals surface area (Å²) in [6, 6.07) is 5.91. The molecule has 6 heteroatoms. The zero-order chi connectivity index (χ0) is 10.1. The van der Waals surface area contributed by atoms with Crippen molar-refractivity contribution in [3.05, 3.63) is 29.3 Å². The lowest BCUT2D eigenvalue weighted by molar-refractivity contribution is 0.0310. The van der Waals surface area contributed by atoms with Crippen molar-refractivity contribution in [1.82, 2.24) is 4.47 Å². The van der Waals surface area contributed by atoms with E-state index >= 15 is 0 Å². The fraction of sp³-hybridized carbons (Fsp3) is 0.143. The number of rotatable bonds is 2. The molecule has 0 fully saturated rings. The van der Waals surface area contributed by atoms with Gasteiger partial charge in [-0.15, -0.1) is 0 Å². The first-order chi connectivity index (χ1) is 5.96. The van der Waals surface area contributed by atoms with Crippen LogP contribution in [0.3, 0.4) is 0 Å². The highest BCUT2D eigenvalue weighted by molar-refractivity contribution is 7.89. The van der Waals surface area contributed by atoms with E-state index in [0.717, 1.165) is 7.05 Å². The summed E-state index contributed by atoms with van der Waals surface area (Å²) in [7, 11) is -2.82. The molecule has 0 aliphatic carbocycles. The summed E-state index contributed by atoms with van der Waals surface area (Å²) in [5.74, 6) is 0. The SMILES string of the molecule is CN(O)S(=O)(=O)c1ccccc1Cl. The maximum Gasteiger partial charge on any atom is 0.266 e. The number of nitrogens with zero attached hydrogens (tertiary/aromatic N) is 1. The smallest absolute Gasteiger partial charge is 0.266 e. The molecule has 0 spiro atoms. The number of halogens is 1. The van der Waals surface area contributed by atoms with E-state index in [4.69, 9.17) is 16.8 Å². The van der Waals surface area contributed by atoms with E-state index in [-0.39, 0.29) is 14.4 Å². The van der Waals surface area contributed by atoms with E-state index in [2.05, 4.69) is 0 Å². The highest BCUT2D eigenvalue weighted by Gasteiger charge is 2.21. The fourth-order valence-corrected chi connectivity index (χ4v) is 2.07. The van der Waals surface area contributed by atoms with E-state index < -0.39 is 10.0 Å². The molecule has 0 unspecified atom stereocenters. The second-order valence-corrected chi connectivity index (χ2v) is 4.70. The minimum Gasteiger partial charge on any atom is -0.299 e. The Morgan fingerprint density at radius 3 is 2.38 bits per heavy atom. The third-order valence-electron chi connectivity index (χ3n) is 1.46. The van der Waals surface area contributed by atoms with Gasteiger partial charge in [-0.1, -0.05) is 28.2 Å². The Bertz CT molecular complexity index is 402. The summed E-state index contributed by atoms with van der Waals surface area (Å²) in [4.78, 5) is -0.110. The van der Waals surface area contributed by atoms with Crippen molar-refractivity contribution < 1.29 is 13.6 Å². The van der Waals surface area contributed by atoms with Gasteiger partial charge in [0.05, 0.1) is 5.02 Å². The number of benzene rings is 1. The first-order valence-electron chi connectivity index (χ1n) is 3.38. The van der Waals surface area contributed by atoms with Gasteiger partial charge in [0.25, 0.3) is 10.0 Å². The van der Waals surface area contributed by atoms with Crippen LogP contribution in [0.2, 0.25) is 5.02 Å². The van der Waals surface area contributed by atoms with Crippen LogP contribution in [0.4, 0.5) is 0 Å². The Kier molecular flexibility index (Phi) is 2.92. The van der Waals surface area contributed by atoms with Crippen molar-refractivity contribution in [3.63, 3.8) is 0 Å². The highest BCUT2D eigenvalue weighted by Crippen LogP contribution is 2.22. The van der Waals surface area contributed by atoms with Gasteiger partial charge in [0.2, 0.25) is 0 Å². The zero-order valence-corrected chi connectivity index (χ0v) is 8.38. The summed E-state index contributed by atoms with van der Waals surface area (Å²) in [6.45, 7) is 0. The molecule has 0 aromatic heterocycles. The number of hydrogen-bond donors (Lipinski definition) is 1. The number of hydroxylamine groups is 1. The molecule has 0 atom stereocenters. The van der Waals surface area contributed by atoms with E-state index in [1.54, 1.807) is 6.07 Å². The van der Waals surface area contributed by atoms with Crippen LogP contribution >= 0.6 is 11.6 Å². The molecule has 0 bridgehead atoms. The summed E-state index contributed by atoms with van der Waals surface area (Å²) in [5.41, 5.74) is 0. The molecule has 0 heterocycles. The largest absolute Gasteiger partial charge is 0.299 e. The molecule has 1 rings (SSSR count). The second kappa shape index (κ2) is 3.63. The first kappa shape index (κ1) is 10.5. The van der Waals surface area contributed by atoms with E-state index in [0.29, 0.717) is 0 Å². The van der Waals surface area contributed by atoms with Gasteiger partial charge in [0, 0.05) is 7.05 Å². The van der Waals surface area contributed by atoms with Crippen molar-refractivity contribution in [2.24, 2.45) is 0 Å². The second-order valence-electron chi connectivity index (χ2n) is 2.37. The summed E-state index contributed by atoms with van der Waals surface area (Å²) >= 11 is 5.64. The summed E-state index contributed by atoms with van der Waals surface area (Å²) in [6.07, 6.45) is 0. The molecule has 1 N–H and O–H groups in total. The maximum absolute atomic E-state index is 11.3. The van der Waals surface area contributed by atoms with E-state index in [1.165, 1.54) is 18.2 Å². The molecule has 0 saturated heterocycles. The van der Waals surface area contributed by atoms with Crippen LogP contribution in [0.15, 0.2) is 29.2 Å². The van der Waals surface area contributed by atoms with Crippen LogP contribution < -0.4 is 0 Å². The van der Waals surface area contributed by atoms with Crippen LogP contribution in [0.5, 0.6) is 0 Å². The summed E-state index contributed by atoms with van der Waals surface area (Å²) < 4.78 is 22.8. The molecule has 0 aliphatic rings. The van der Waals surface area contributed by atoms with E-state index in [1.807, 2.05) is 0 Å². The number of sulfonamides is 1.